The quantitative estimate of drug-likeness (QED) is 0.531. The zero-order chi connectivity index (χ0) is 12.0. The average Bonchev–Trinajstić information content (AvgIpc) is 2.59. The fraction of sp³-hybridized carbons (Fsp3) is 0.0833. The topological polar surface area (TPSA) is 77.0 Å². The van der Waals surface area contributed by atoms with E-state index in [0.717, 1.165) is 0 Å². The molecule has 0 amide bonds. The number of carbonyl (C=O) groups is 3. The van der Waals surface area contributed by atoms with Gasteiger partial charge in [0.1, 0.15) is 23.6 Å². The van der Waals surface area contributed by atoms with E-state index in [9.17, 15) is 14.4 Å². The van der Waals surface area contributed by atoms with E-state index in [-0.39, 0.29) is 11.4 Å². The molecule has 0 saturated heterocycles. The number of Topliss-reactive ketones (excluding diaryl/α,β-unsaturated/α-hetero) is 2. The van der Waals surface area contributed by atoms with Crippen LogP contribution in [0.25, 0.3) is 11.0 Å². The Balaban J connectivity index is 2.33. The van der Waals surface area contributed by atoms with Crippen LogP contribution in [0.15, 0.2) is 24.3 Å². The molecule has 1 heterocycles. The minimum atomic E-state index is -1.26. The van der Waals surface area contributed by atoms with E-state index >= 15 is 0 Å². The SMILES string of the molecule is O=CC1C(=O)c2nc3ccccc3nc2C1=O. The molecule has 1 aromatic carbocycles. The van der Waals surface area contributed by atoms with Gasteiger partial charge in [-0.25, -0.2) is 9.97 Å². The van der Waals surface area contributed by atoms with Crippen LogP contribution in [0.4, 0.5) is 0 Å². The van der Waals surface area contributed by atoms with E-state index < -0.39 is 17.5 Å². The van der Waals surface area contributed by atoms with Crippen molar-refractivity contribution in [2.75, 3.05) is 0 Å². The summed E-state index contributed by atoms with van der Waals surface area (Å²) in [7, 11) is 0. The highest BCUT2D eigenvalue weighted by Gasteiger charge is 2.41. The van der Waals surface area contributed by atoms with E-state index in [2.05, 4.69) is 9.97 Å². The Bertz CT molecular complexity index is 624. The summed E-state index contributed by atoms with van der Waals surface area (Å²) >= 11 is 0. The Labute approximate surface area is 95.5 Å². The second-order valence-electron chi connectivity index (χ2n) is 3.75. The molecule has 2 aromatic rings. The van der Waals surface area contributed by atoms with Gasteiger partial charge in [-0.05, 0) is 12.1 Å². The fourth-order valence-corrected chi connectivity index (χ4v) is 1.88. The molecule has 0 N–H and O–H groups in total. The van der Waals surface area contributed by atoms with Crippen LogP contribution in [-0.4, -0.2) is 27.8 Å². The van der Waals surface area contributed by atoms with Gasteiger partial charge in [-0.1, -0.05) is 12.1 Å². The number of aromatic nitrogens is 2. The summed E-state index contributed by atoms with van der Waals surface area (Å²) in [5.74, 6) is -2.38. The molecule has 1 aliphatic rings. The lowest BCUT2D eigenvalue weighted by atomic mass is 10.1. The van der Waals surface area contributed by atoms with Gasteiger partial charge in [0.15, 0.2) is 0 Å². The monoisotopic (exact) mass is 226 g/mol. The van der Waals surface area contributed by atoms with E-state index in [1.165, 1.54) is 0 Å². The number of fused-ring (bicyclic) bond motifs is 2. The van der Waals surface area contributed by atoms with Crippen molar-refractivity contribution in [3.05, 3.63) is 35.7 Å². The maximum atomic E-state index is 11.7. The molecule has 0 aliphatic heterocycles. The number of para-hydroxylation sites is 2. The molecule has 5 nitrogen and oxygen atoms in total. The third-order valence-corrected chi connectivity index (χ3v) is 2.74. The molecular formula is C12H6N2O3. The van der Waals surface area contributed by atoms with Gasteiger partial charge in [0, 0.05) is 0 Å². The lowest BCUT2D eigenvalue weighted by Crippen LogP contribution is -2.16. The van der Waals surface area contributed by atoms with Gasteiger partial charge in [-0.3, -0.25) is 9.59 Å². The van der Waals surface area contributed by atoms with Crippen LogP contribution in [0.3, 0.4) is 0 Å². The zero-order valence-electron chi connectivity index (χ0n) is 8.58. The Morgan fingerprint density at radius 2 is 1.41 bits per heavy atom. The Morgan fingerprint density at radius 1 is 0.941 bits per heavy atom. The highest BCUT2D eigenvalue weighted by molar-refractivity contribution is 6.31. The first-order valence-electron chi connectivity index (χ1n) is 5.03. The first-order chi connectivity index (χ1) is 8.22. The number of hydrogen-bond acceptors (Lipinski definition) is 5. The number of carbonyl (C=O) groups excluding carboxylic acids is 3. The number of nitrogens with zero attached hydrogens (tertiary/aromatic N) is 2. The second kappa shape index (κ2) is 3.28. The van der Waals surface area contributed by atoms with Crippen molar-refractivity contribution >= 4 is 28.9 Å². The molecule has 0 radical (unpaired) electrons. The predicted octanol–water partition coefficient (Wildman–Crippen LogP) is 0.824. The minimum Gasteiger partial charge on any atom is -0.302 e. The third kappa shape index (κ3) is 1.22. The molecular weight excluding hydrogens is 220 g/mol. The van der Waals surface area contributed by atoms with Crippen LogP contribution < -0.4 is 0 Å². The first-order valence-corrected chi connectivity index (χ1v) is 5.03. The van der Waals surface area contributed by atoms with E-state index in [0.29, 0.717) is 17.3 Å². The van der Waals surface area contributed by atoms with Crippen molar-refractivity contribution in [2.45, 2.75) is 0 Å². The van der Waals surface area contributed by atoms with Crippen molar-refractivity contribution in [3.8, 4) is 0 Å². The van der Waals surface area contributed by atoms with Gasteiger partial charge in [0.25, 0.3) is 0 Å². The van der Waals surface area contributed by atoms with Crippen molar-refractivity contribution in [1.82, 2.24) is 9.97 Å². The van der Waals surface area contributed by atoms with Gasteiger partial charge in [0.05, 0.1) is 11.0 Å². The molecule has 5 heteroatoms. The molecule has 0 atom stereocenters. The highest BCUT2D eigenvalue weighted by Crippen LogP contribution is 2.24. The van der Waals surface area contributed by atoms with Crippen molar-refractivity contribution in [1.29, 1.82) is 0 Å². The summed E-state index contributed by atoms with van der Waals surface area (Å²) in [5, 5.41) is 0. The maximum absolute atomic E-state index is 11.7. The Kier molecular flexibility index (Phi) is 1.89. The largest absolute Gasteiger partial charge is 0.302 e. The van der Waals surface area contributed by atoms with Crippen molar-refractivity contribution in [3.63, 3.8) is 0 Å². The molecule has 0 fully saturated rings. The lowest BCUT2D eigenvalue weighted by molar-refractivity contribution is -0.108. The zero-order valence-corrected chi connectivity index (χ0v) is 8.58. The number of hydrogen-bond donors (Lipinski definition) is 0. The summed E-state index contributed by atoms with van der Waals surface area (Å²) < 4.78 is 0. The Morgan fingerprint density at radius 3 is 1.82 bits per heavy atom. The summed E-state index contributed by atoms with van der Waals surface area (Å²) in [4.78, 5) is 42.3. The minimum absolute atomic E-state index is 0.00537. The van der Waals surface area contributed by atoms with Crippen LogP contribution in [-0.2, 0) is 4.79 Å². The average molecular weight is 226 g/mol. The maximum Gasteiger partial charge on any atom is 0.201 e. The second-order valence-corrected chi connectivity index (χ2v) is 3.75. The molecule has 1 aromatic heterocycles. The van der Waals surface area contributed by atoms with Gasteiger partial charge in [0.2, 0.25) is 11.6 Å². The van der Waals surface area contributed by atoms with E-state index in [1.54, 1.807) is 24.3 Å². The van der Waals surface area contributed by atoms with Crippen LogP contribution in [0.5, 0.6) is 0 Å². The van der Waals surface area contributed by atoms with Crippen LogP contribution >= 0.6 is 0 Å². The molecule has 3 rings (SSSR count). The predicted molar refractivity (Wildman–Crippen MR) is 57.8 cm³/mol. The number of rotatable bonds is 1. The van der Waals surface area contributed by atoms with Gasteiger partial charge in [-0.15, -0.1) is 0 Å². The molecule has 1 aliphatic carbocycles. The standard InChI is InChI=1S/C12H6N2O3/c15-5-6-11(16)9-10(12(6)17)14-8-4-2-1-3-7(8)13-9/h1-6H. The first kappa shape index (κ1) is 9.77. The van der Waals surface area contributed by atoms with Gasteiger partial charge >= 0.3 is 0 Å². The lowest BCUT2D eigenvalue weighted by Gasteiger charge is -1.98. The molecule has 17 heavy (non-hydrogen) atoms. The molecule has 82 valence electrons. The summed E-state index contributed by atoms with van der Waals surface area (Å²) in [6.45, 7) is 0. The van der Waals surface area contributed by atoms with E-state index in [1.807, 2.05) is 0 Å². The number of benzene rings is 1. The molecule has 0 unspecified atom stereocenters. The van der Waals surface area contributed by atoms with E-state index in [4.69, 9.17) is 0 Å². The molecule has 0 bridgehead atoms. The summed E-state index contributed by atoms with van der Waals surface area (Å²) in [5.41, 5.74) is 1.09. The fourth-order valence-electron chi connectivity index (χ4n) is 1.88. The van der Waals surface area contributed by atoms with Crippen LogP contribution in [0.2, 0.25) is 0 Å². The third-order valence-electron chi connectivity index (χ3n) is 2.74. The normalized spacial score (nSPS) is 15.3. The van der Waals surface area contributed by atoms with Gasteiger partial charge < -0.3 is 4.79 Å². The van der Waals surface area contributed by atoms with Crippen molar-refractivity contribution < 1.29 is 14.4 Å². The number of ketones is 2. The summed E-state index contributed by atoms with van der Waals surface area (Å²) in [6.07, 6.45) is 0.346. The van der Waals surface area contributed by atoms with Crippen LogP contribution in [0, 0.1) is 5.92 Å². The van der Waals surface area contributed by atoms with Gasteiger partial charge in [-0.2, -0.15) is 0 Å². The summed E-state index contributed by atoms with van der Waals surface area (Å²) in [6, 6.07) is 6.94. The molecule has 0 spiro atoms. The van der Waals surface area contributed by atoms with Crippen LogP contribution in [0.1, 0.15) is 21.0 Å². The Hall–Kier alpha value is -2.43. The smallest absolute Gasteiger partial charge is 0.201 e. The molecule has 0 saturated carbocycles. The highest BCUT2D eigenvalue weighted by atomic mass is 16.2. The van der Waals surface area contributed by atoms with Crippen molar-refractivity contribution in [2.24, 2.45) is 5.92 Å². The number of aldehydes is 1.